The zero-order chi connectivity index (χ0) is 11.1. The lowest BCUT2D eigenvalue weighted by Gasteiger charge is -2.06. The maximum atomic E-state index is 11.1. The minimum absolute atomic E-state index is 0.103. The standard InChI is InChI=1S/C11H13N3O/c1-2-9-4-3-7-13-10(9)8-14-11(15)5-6-12/h3-4,7H,2,5,8H2,1H3,(H,14,15). The van der Waals surface area contributed by atoms with Crippen molar-refractivity contribution in [1.29, 1.82) is 5.26 Å². The quantitative estimate of drug-likeness (QED) is 0.798. The lowest BCUT2D eigenvalue weighted by Crippen LogP contribution is -2.23. The molecule has 0 aliphatic carbocycles. The lowest BCUT2D eigenvalue weighted by atomic mass is 10.1. The average Bonchev–Trinajstić information content (AvgIpc) is 2.27. The Morgan fingerprint density at radius 1 is 1.67 bits per heavy atom. The molecule has 15 heavy (non-hydrogen) atoms. The normalized spacial score (nSPS) is 9.33. The van der Waals surface area contributed by atoms with Crippen LogP contribution in [-0.4, -0.2) is 10.9 Å². The van der Waals surface area contributed by atoms with Crippen LogP contribution in [0.3, 0.4) is 0 Å². The van der Waals surface area contributed by atoms with Crippen LogP contribution in [0, 0.1) is 11.3 Å². The van der Waals surface area contributed by atoms with Crippen LogP contribution in [0.2, 0.25) is 0 Å². The molecule has 1 rings (SSSR count). The van der Waals surface area contributed by atoms with E-state index in [1.54, 1.807) is 12.3 Å². The van der Waals surface area contributed by atoms with Gasteiger partial charge in [0.05, 0.1) is 18.3 Å². The molecule has 1 aromatic rings. The fourth-order valence-electron chi connectivity index (χ4n) is 1.27. The van der Waals surface area contributed by atoms with E-state index in [1.807, 2.05) is 19.1 Å². The number of hydrogen-bond donors (Lipinski definition) is 1. The number of rotatable bonds is 4. The highest BCUT2D eigenvalue weighted by Gasteiger charge is 2.03. The number of pyridine rings is 1. The summed E-state index contributed by atoms with van der Waals surface area (Å²) in [7, 11) is 0. The Balaban J connectivity index is 2.57. The van der Waals surface area contributed by atoms with Crippen LogP contribution in [0.5, 0.6) is 0 Å². The smallest absolute Gasteiger partial charge is 0.234 e. The van der Waals surface area contributed by atoms with Crippen molar-refractivity contribution in [3.63, 3.8) is 0 Å². The molecule has 1 heterocycles. The molecule has 0 bridgehead atoms. The summed E-state index contributed by atoms with van der Waals surface area (Å²) < 4.78 is 0. The van der Waals surface area contributed by atoms with Crippen LogP contribution in [0.15, 0.2) is 18.3 Å². The van der Waals surface area contributed by atoms with E-state index in [0.29, 0.717) is 6.54 Å². The van der Waals surface area contributed by atoms with Crippen molar-refractivity contribution in [3.05, 3.63) is 29.6 Å². The van der Waals surface area contributed by atoms with E-state index in [0.717, 1.165) is 17.7 Å². The number of amides is 1. The third-order valence-corrected chi connectivity index (χ3v) is 2.06. The summed E-state index contributed by atoms with van der Waals surface area (Å²) in [4.78, 5) is 15.2. The van der Waals surface area contributed by atoms with Gasteiger partial charge >= 0.3 is 0 Å². The van der Waals surface area contributed by atoms with E-state index in [-0.39, 0.29) is 12.3 Å². The monoisotopic (exact) mass is 203 g/mol. The molecule has 0 saturated carbocycles. The molecule has 1 aromatic heterocycles. The fourth-order valence-corrected chi connectivity index (χ4v) is 1.27. The molecular formula is C11H13N3O. The zero-order valence-electron chi connectivity index (χ0n) is 8.66. The van der Waals surface area contributed by atoms with E-state index < -0.39 is 0 Å². The summed E-state index contributed by atoms with van der Waals surface area (Å²) in [5.41, 5.74) is 1.99. The molecular weight excluding hydrogens is 190 g/mol. The number of aryl methyl sites for hydroxylation is 1. The summed E-state index contributed by atoms with van der Waals surface area (Å²) in [5.74, 6) is -0.259. The maximum Gasteiger partial charge on any atom is 0.234 e. The number of carbonyl (C=O) groups is 1. The second kappa shape index (κ2) is 5.76. The van der Waals surface area contributed by atoms with Gasteiger partial charge in [0.25, 0.3) is 0 Å². The molecule has 4 nitrogen and oxygen atoms in total. The first-order valence-electron chi connectivity index (χ1n) is 4.84. The summed E-state index contributed by atoms with van der Waals surface area (Å²) in [6.45, 7) is 2.43. The fraction of sp³-hybridized carbons (Fsp3) is 0.364. The van der Waals surface area contributed by atoms with Crippen molar-refractivity contribution in [2.75, 3.05) is 0 Å². The van der Waals surface area contributed by atoms with Crippen molar-refractivity contribution < 1.29 is 4.79 Å². The van der Waals surface area contributed by atoms with E-state index in [4.69, 9.17) is 5.26 Å². The van der Waals surface area contributed by atoms with Gasteiger partial charge in [0.1, 0.15) is 6.42 Å². The van der Waals surface area contributed by atoms with Crippen molar-refractivity contribution in [2.45, 2.75) is 26.3 Å². The molecule has 78 valence electrons. The molecule has 1 amide bonds. The highest BCUT2D eigenvalue weighted by Crippen LogP contribution is 2.05. The first-order valence-corrected chi connectivity index (χ1v) is 4.84. The van der Waals surface area contributed by atoms with Crippen LogP contribution < -0.4 is 5.32 Å². The van der Waals surface area contributed by atoms with Gasteiger partial charge in [-0.25, -0.2) is 0 Å². The Morgan fingerprint density at radius 3 is 3.13 bits per heavy atom. The number of nitriles is 1. The predicted octanol–water partition coefficient (Wildman–Crippen LogP) is 1.17. The molecule has 0 aromatic carbocycles. The van der Waals surface area contributed by atoms with Gasteiger partial charge in [-0.3, -0.25) is 9.78 Å². The van der Waals surface area contributed by atoms with Crippen LogP contribution in [0.1, 0.15) is 24.6 Å². The third-order valence-electron chi connectivity index (χ3n) is 2.06. The number of hydrogen-bond acceptors (Lipinski definition) is 3. The first kappa shape index (κ1) is 11.2. The minimum Gasteiger partial charge on any atom is -0.350 e. The van der Waals surface area contributed by atoms with Crippen molar-refractivity contribution in [3.8, 4) is 6.07 Å². The Bertz CT molecular complexity index is 382. The van der Waals surface area contributed by atoms with E-state index in [1.165, 1.54) is 0 Å². The van der Waals surface area contributed by atoms with Crippen LogP contribution >= 0.6 is 0 Å². The van der Waals surface area contributed by atoms with Gasteiger partial charge in [-0.05, 0) is 18.1 Å². The number of nitrogens with one attached hydrogen (secondary N) is 1. The summed E-state index contributed by atoms with van der Waals surface area (Å²) in [6, 6.07) is 5.66. The molecule has 0 unspecified atom stereocenters. The van der Waals surface area contributed by atoms with Crippen molar-refractivity contribution >= 4 is 5.91 Å². The minimum atomic E-state index is -0.259. The van der Waals surface area contributed by atoms with Gasteiger partial charge < -0.3 is 5.32 Å². The summed E-state index contributed by atoms with van der Waals surface area (Å²) in [6.07, 6.45) is 2.48. The molecule has 0 radical (unpaired) electrons. The second-order valence-corrected chi connectivity index (χ2v) is 3.07. The van der Waals surface area contributed by atoms with Crippen LogP contribution in [0.25, 0.3) is 0 Å². The third kappa shape index (κ3) is 3.39. The number of aromatic nitrogens is 1. The van der Waals surface area contributed by atoms with E-state index >= 15 is 0 Å². The van der Waals surface area contributed by atoms with Gasteiger partial charge in [-0.2, -0.15) is 5.26 Å². The molecule has 0 atom stereocenters. The van der Waals surface area contributed by atoms with Gasteiger partial charge in [-0.1, -0.05) is 13.0 Å². The highest BCUT2D eigenvalue weighted by atomic mass is 16.1. The maximum absolute atomic E-state index is 11.1. The predicted molar refractivity (Wildman–Crippen MR) is 55.7 cm³/mol. The van der Waals surface area contributed by atoms with E-state index in [2.05, 4.69) is 10.3 Å². The van der Waals surface area contributed by atoms with Crippen molar-refractivity contribution in [1.82, 2.24) is 10.3 Å². The summed E-state index contributed by atoms with van der Waals surface area (Å²) >= 11 is 0. The molecule has 0 aliphatic heterocycles. The second-order valence-electron chi connectivity index (χ2n) is 3.07. The van der Waals surface area contributed by atoms with E-state index in [9.17, 15) is 4.79 Å². The molecule has 0 saturated heterocycles. The van der Waals surface area contributed by atoms with Crippen molar-refractivity contribution in [2.24, 2.45) is 0 Å². The van der Waals surface area contributed by atoms with Gasteiger partial charge in [-0.15, -0.1) is 0 Å². The largest absolute Gasteiger partial charge is 0.350 e. The molecule has 0 spiro atoms. The van der Waals surface area contributed by atoms with Gasteiger partial charge in [0, 0.05) is 6.20 Å². The Morgan fingerprint density at radius 2 is 2.47 bits per heavy atom. The lowest BCUT2D eigenvalue weighted by molar-refractivity contribution is -0.120. The Kier molecular flexibility index (Phi) is 4.30. The Hall–Kier alpha value is -1.89. The molecule has 0 aliphatic rings. The van der Waals surface area contributed by atoms with Crippen LogP contribution in [-0.2, 0) is 17.8 Å². The zero-order valence-corrected chi connectivity index (χ0v) is 8.66. The average molecular weight is 203 g/mol. The first-order chi connectivity index (χ1) is 7.27. The topological polar surface area (TPSA) is 65.8 Å². The van der Waals surface area contributed by atoms with Gasteiger partial charge in [0.15, 0.2) is 0 Å². The number of carbonyl (C=O) groups excluding carboxylic acids is 1. The highest BCUT2D eigenvalue weighted by molar-refractivity contribution is 5.77. The Labute approximate surface area is 88.9 Å². The van der Waals surface area contributed by atoms with Crippen LogP contribution in [0.4, 0.5) is 0 Å². The van der Waals surface area contributed by atoms with Gasteiger partial charge in [0.2, 0.25) is 5.91 Å². The molecule has 4 heteroatoms. The molecule has 0 fully saturated rings. The summed E-state index contributed by atoms with van der Waals surface area (Å²) in [5, 5.41) is 11.0. The molecule has 1 N–H and O–H groups in total. The number of nitrogens with zero attached hydrogens (tertiary/aromatic N) is 2. The SMILES string of the molecule is CCc1cccnc1CNC(=O)CC#N.